The number of nitrogens with zero attached hydrogens (tertiary/aromatic N) is 2. The van der Waals surface area contributed by atoms with Crippen molar-refractivity contribution < 1.29 is 19.0 Å². The number of halogens is 2. The van der Waals surface area contributed by atoms with E-state index < -0.39 is 11.7 Å². The van der Waals surface area contributed by atoms with Gasteiger partial charge in [0.1, 0.15) is 11.6 Å². The number of hydrogen-bond donors (Lipinski definition) is 5. The van der Waals surface area contributed by atoms with Crippen LogP contribution in [0, 0.1) is 5.82 Å². The molecular weight excluding hydrogens is 611 g/mol. The first-order chi connectivity index (χ1) is 19.4. The molecule has 3 aromatic rings. The molecule has 0 bridgehead atoms. The fourth-order valence-electron chi connectivity index (χ4n) is 3.43. The lowest BCUT2D eigenvalue weighted by atomic mass is 10.0. The highest BCUT2D eigenvalue weighted by Crippen LogP contribution is 2.29. The Labute approximate surface area is 254 Å². The first kappa shape index (κ1) is 34.4. The Kier molecular flexibility index (Phi) is 13.5. The van der Waals surface area contributed by atoms with E-state index in [0.29, 0.717) is 29.3 Å². The fraction of sp³-hybridized carbons (Fsp3) is 0.414. The molecule has 0 radical (unpaired) electrons. The molecule has 0 aliphatic carbocycles. The second-order valence-corrected chi connectivity index (χ2v) is 11.8. The third-order valence-electron chi connectivity index (χ3n) is 5.75. The number of primary amides is 1. The van der Waals surface area contributed by atoms with Crippen molar-refractivity contribution in [2.45, 2.75) is 70.4 Å². The van der Waals surface area contributed by atoms with Crippen LogP contribution in [-0.4, -0.2) is 45.3 Å². The van der Waals surface area contributed by atoms with Crippen LogP contribution in [0.15, 0.2) is 58.0 Å². The van der Waals surface area contributed by atoms with Gasteiger partial charge in [0.25, 0.3) is 5.91 Å². The van der Waals surface area contributed by atoms with Crippen molar-refractivity contribution in [3.8, 4) is 0 Å². The molecule has 3 rings (SSSR count). The van der Waals surface area contributed by atoms with Gasteiger partial charge < -0.3 is 26.2 Å². The van der Waals surface area contributed by atoms with Gasteiger partial charge in [-0.3, -0.25) is 9.52 Å². The third kappa shape index (κ3) is 11.2. The van der Waals surface area contributed by atoms with E-state index in [1.165, 1.54) is 24.1 Å². The second-order valence-electron chi connectivity index (χ2n) is 10.1. The number of ether oxygens (including phenoxy) is 1. The van der Waals surface area contributed by atoms with E-state index in [-0.39, 0.29) is 29.0 Å². The minimum absolute atomic E-state index is 0.105. The van der Waals surface area contributed by atoms with Gasteiger partial charge in [0.05, 0.1) is 21.3 Å². The molecule has 0 unspecified atom stereocenters. The highest BCUT2D eigenvalue weighted by molar-refractivity contribution is 9.10. The van der Waals surface area contributed by atoms with Gasteiger partial charge in [0, 0.05) is 35.5 Å². The standard InChI is InChI=1S/C27H34BrFN6O3S.C2H6/c1-26(2,13-15-38-27(3,4)12-14-36)35-39-18-10-8-17(9-11-18)32-25-31-16-19(28)24(34-25)33-21-7-5-6-20(29)22(21)23(30)37;1-2/h5-11,16,35-36H,12-15H2,1-4H3,(H2,30,37)(H2,31,32,33,34);1-2H3. The van der Waals surface area contributed by atoms with Crippen LogP contribution >= 0.6 is 27.9 Å². The summed E-state index contributed by atoms with van der Waals surface area (Å²) in [6.45, 7) is 12.9. The lowest BCUT2D eigenvalue weighted by Crippen LogP contribution is -2.37. The maximum Gasteiger partial charge on any atom is 0.253 e. The van der Waals surface area contributed by atoms with Gasteiger partial charge in [-0.15, -0.1) is 0 Å². The smallest absolute Gasteiger partial charge is 0.253 e. The predicted molar refractivity (Wildman–Crippen MR) is 168 cm³/mol. The van der Waals surface area contributed by atoms with Crippen LogP contribution in [0.1, 0.15) is 64.7 Å². The quantitative estimate of drug-likeness (QED) is 0.118. The number of hydrogen-bond acceptors (Lipinski definition) is 9. The number of aliphatic hydroxyl groups excluding tert-OH is 1. The molecule has 224 valence electrons. The van der Waals surface area contributed by atoms with E-state index in [4.69, 9.17) is 15.6 Å². The molecule has 1 amide bonds. The van der Waals surface area contributed by atoms with Gasteiger partial charge in [-0.25, -0.2) is 9.37 Å². The molecule has 1 aromatic heterocycles. The summed E-state index contributed by atoms with van der Waals surface area (Å²) < 4.78 is 24.1. The molecule has 2 aromatic carbocycles. The number of carbonyl (C=O) groups is 1. The average Bonchev–Trinajstić information content (AvgIpc) is 2.91. The van der Waals surface area contributed by atoms with Crippen LogP contribution in [0.4, 0.5) is 27.5 Å². The van der Waals surface area contributed by atoms with Gasteiger partial charge in [-0.1, -0.05) is 19.9 Å². The summed E-state index contributed by atoms with van der Waals surface area (Å²) in [5.41, 5.74) is 5.56. The van der Waals surface area contributed by atoms with Gasteiger partial charge in [0.2, 0.25) is 5.95 Å². The van der Waals surface area contributed by atoms with E-state index in [9.17, 15) is 9.18 Å². The zero-order chi connectivity index (χ0) is 30.6. The zero-order valence-electron chi connectivity index (χ0n) is 24.3. The summed E-state index contributed by atoms with van der Waals surface area (Å²) in [5, 5.41) is 15.2. The number of anilines is 4. The van der Waals surface area contributed by atoms with Crippen molar-refractivity contribution in [1.29, 1.82) is 0 Å². The summed E-state index contributed by atoms with van der Waals surface area (Å²) in [5.74, 6) is -0.961. The summed E-state index contributed by atoms with van der Waals surface area (Å²) >= 11 is 4.91. The van der Waals surface area contributed by atoms with Crippen molar-refractivity contribution in [3.63, 3.8) is 0 Å². The molecule has 0 fully saturated rings. The second kappa shape index (κ2) is 16.0. The van der Waals surface area contributed by atoms with E-state index in [1.807, 2.05) is 52.0 Å². The van der Waals surface area contributed by atoms with Crippen LogP contribution in [-0.2, 0) is 4.74 Å². The molecule has 41 heavy (non-hydrogen) atoms. The Balaban J connectivity index is 0.00000287. The Hall–Kier alpha value is -2.77. The topological polar surface area (TPSA) is 134 Å². The molecule has 0 atom stereocenters. The fourth-order valence-corrected chi connectivity index (χ4v) is 4.49. The minimum atomic E-state index is -0.884. The molecule has 0 aliphatic rings. The average molecular weight is 652 g/mol. The molecule has 0 spiro atoms. The Bertz CT molecular complexity index is 1280. The Morgan fingerprint density at radius 1 is 1.10 bits per heavy atom. The number of benzene rings is 2. The molecule has 12 heteroatoms. The molecule has 0 saturated heterocycles. The van der Waals surface area contributed by atoms with Crippen LogP contribution in [0.5, 0.6) is 0 Å². The third-order valence-corrected chi connectivity index (χ3v) is 7.49. The number of aliphatic hydroxyl groups is 1. The van der Waals surface area contributed by atoms with Gasteiger partial charge >= 0.3 is 0 Å². The van der Waals surface area contributed by atoms with E-state index in [1.54, 1.807) is 12.3 Å². The first-order valence-electron chi connectivity index (χ1n) is 13.3. The summed E-state index contributed by atoms with van der Waals surface area (Å²) in [6.07, 6.45) is 2.95. The number of carbonyl (C=O) groups excluding carboxylic acids is 1. The van der Waals surface area contributed by atoms with Crippen molar-refractivity contribution in [1.82, 2.24) is 14.7 Å². The largest absolute Gasteiger partial charge is 0.396 e. The predicted octanol–water partition coefficient (Wildman–Crippen LogP) is 6.93. The maximum atomic E-state index is 14.1. The lowest BCUT2D eigenvalue weighted by molar-refractivity contribution is -0.0382. The lowest BCUT2D eigenvalue weighted by Gasteiger charge is -2.29. The van der Waals surface area contributed by atoms with Crippen molar-refractivity contribution >= 4 is 56.9 Å². The molecular formula is C29H40BrFN6O3S. The molecule has 9 nitrogen and oxygen atoms in total. The molecule has 0 saturated carbocycles. The number of amides is 1. The Morgan fingerprint density at radius 2 is 1.78 bits per heavy atom. The number of aromatic nitrogens is 2. The van der Waals surface area contributed by atoms with Crippen molar-refractivity contribution in [2.24, 2.45) is 5.73 Å². The number of rotatable bonds is 14. The first-order valence-corrected chi connectivity index (χ1v) is 14.9. The summed E-state index contributed by atoms with van der Waals surface area (Å²) in [4.78, 5) is 21.5. The highest BCUT2D eigenvalue weighted by Gasteiger charge is 2.22. The Morgan fingerprint density at radius 3 is 2.41 bits per heavy atom. The van der Waals surface area contributed by atoms with Crippen LogP contribution in [0.2, 0.25) is 0 Å². The van der Waals surface area contributed by atoms with Crippen molar-refractivity contribution in [3.05, 3.63) is 64.5 Å². The minimum Gasteiger partial charge on any atom is -0.396 e. The highest BCUT2D eigenvalue weighted by atomic mass is 79.9. The molecule has 1 heterocycles. The monoisotopic (exact) mass is 650 g/mol. The van der Waals surface area contributed by atoms with Gasteiger partial charge in [-0.2, -0.15) is 4.98 Å². The number of nitrogens with one attached hydrogen (secondary N) is 3. The SMILES string of the molecule is CC.CC(C)(CCOC(C)(C)CCO)NSc1ccc(Nc2ncc(Br)c(Nc3cccc(F)c3C(N)=O)n2)cc1. The van der Waals surface area contributed by atoms with E-state index in [0.717, 1.165) is 17.0 Å². The van der Waals surface area contributed by atoms with Crippen LogP contribution in [0.25, 0.3) is 0 Å². The molecule has 0 aliphatic heterocycles. The van der Waals surface area contributed by atoms with Crippen LogP contribution in [0.3, 0.4) is 0 Å². The van der Waals surface area contributed by atoms with Crippen molar-refractivity contribution in [2.75, 3.05) is 23.8 Å². The van der Waals surface area contributed by atoms with Crippen LogP contribution < -0.4 is 21.1 Å². The van der Waals surface area contributed by atoms with Gasteiger partial charge in [-0.05, 0) is 105 Å². The number of nitrogens with two attached hydrogens (primary N) is 1. The van der Waals surface area contributed by atoms with Gasteiger partial charge in [0.15, 0.2) is 0 Å². The normalized spacial score (nSPS) is 11.4. The molecule has 6 N–H and O–H groups in total. The maximum absolute atomic E-state index is 14.1. The zero-order valence-corrected chi connectivity index (χ0v) is 26.7. The summed E-state index contributed by atoms with van der Waals surface area (Å²) in [7, 11) is 0. The van der Waals surface area contributed by atoms with E-state index >= 15 is 0 Å². The summed E-state index contributed by atoms with van der Waals surface area (Å²) in [6, 6.07) is 12.0. The van der Waals surface area contributed by atoms with E-state index in [2.05, 4.69) is 55.1 Å².